The van der Waals surface area contributed by atoms with Crippen molar-refractivity contribution in [3.8, 4) is 0 Å². The summed E-state index contributed by atoms with van der Waals surface area (Å²) in [6.45, 7) is 0. The maximum atomic E-state index is 12.0. The fraction of sp³-hybridized carbons (Fsp3) is 0.111. The average Bonchev–Trinajstić information content (AvgIpc) is 2.89. The molecule has 0 saturated heterocycles. The summed E-state index contributed by atoms with van der Waals surface area (Å²) in [5.41, 5.74) is 3.16. The summed E-state index contributed by atoms with van der Waals surface area (Å²) in [5.74, 6) is -0.0625. The molecule has 1 aliphatic heterocycles. The molecule has 3 rings (SSSR count). The molecule has 0 amide bonds. The van der Waals surface area contributed by atoms with Crippen LogP contribution in [0, 0.1) is 3.57 Å². The lowest BCUT2D eigenvalue weighted by molar-refractivity contribution is -0.129. The number of nitrogens with zero attached hydrogens (tertiary/aromatic N) is 2. The molecule has 0 fully saturated rings. The van der Waals surface area contributed by atoms with E-state index in [0.717, 1.165) is 20.4 Å². The third-order valence-electron chi connectivity index (χ3n) is 3.44. The van der Waals surface area contributed by atoms with Crippen molar-refractivity contribution in [2.24, 2.45) is 4.99 Å². The molecule has 4 nitrogen and oxygen atoms in total. The molecule has 0 unspecified atom stereocenters. The van der Waals surface area contributed by atoms with Gasteiger partial charge in [-0.3, -0.25) is 0 Å². The Morgan fingerprint density at radius 1 is 1.09 bits per heavy atom. The topological polar surface area (TPSA) is 41.9 Å². The molecule has 2 aromatic carbocycles. The van der Waals surface area contributed by atoms with E-state index in [2.05, 4.69) is 27.6 Å². The molecule has 5 heteroatoms. The van der Waals surface area contributed by atoms with Crippen molar-refractivity contribution in [1.29, 1.82) is 0 Å². The number of hydrogen-bond acceptors (Lipinski definition) is 4. The van der Waals surface area contributed by atoms with Gasteiger partial charge in [0.25, 0.3) is 0 Å². The minimum atomic E-state index is -0.420. The monoisotopic (exact) mass is 418 g/mol. The van der Waals surface area contributed by atoms with Crippen LogP contribution in [-0.4, -0.2) is 26.0 Å². The molecule has 23 heavy (non-hydrogen) atoms. The molecule has 0 aliphatic carbocycles. The Labute approximate surface area is 148 Å². The SMILES string of the molecule is CN(C)c1ccc(/C=C2\N=C(c3ccccc3I)OC2=O)cc1. The standard InChI is InChI=1S/C18H15IN2O2/c1-21(2)13-9-7-12(8-10-13)11-16-18(22)23-17(20-16)14-5-3-4-6-15(14)19/h3-11H,1-2H3/b16-11-. The number of halogens is 1. The summed E-state index contributed by atoms with van der Waals surface area (Å²) in [5, 5.41) is 0. The van der Waals surface area contributed by atoms with Crippen molar-refractivity contribution in [1.82, 2.24) is 0 Å². The summed E-state index contributed by atoms with van der Waals surface area (Å²) in [6.07, 6.45) is 1.74. The number of ether oxygens (including phenoxy) is 1. The summed E-state index contributed by atoms with van der Waals surface area (Å²) in [6, 6.07) is 15.6. The van der Waals surface area contributed by atoms with Gasteiger partial charge in [-0.2, -0.15) is 0 Å². The number of esters is 1. The van der Waals surface area contributed by atoms with E-state index < -0.39 is 5.97 Å². The summed E-state index contributed by atoms with van der Waals surface area (Å²) >= 11 is 2.20. The minimum absolute atomic E-state index is 0.317. The van der Waals surface area contributed by atoms with Gasteiger partial charge in [0.15, 0.2) is 5.70 Å². The number of anilines is 1. The Morgan fingerprint density at radius 3 is 2.43 bits per heavy atom. The largest absolute Gasteiger partial charge is 0.402 e. The Morgan fingerprint density at radius 2 is 1.78 bits per heavy atom. The Bertz CT molecular complexity index is 808. The summed E-state index contributed by atoms with van der Waals surface area (Å²) < 4.78 is 6.30. The molecule has 0 N–H and O–H groups in total. The zero-order valence-corrected chi connectivity index (χ0v) is 14.9. The lowest BCUT2D eigenvalue weighted by Gasteiger charge is -2.11. The second-order valence-corrected chi connectivity index (χ2v) is 6.46. The fourth-order valence-electron chi connectivity index (χ4n) is 2.19. The van der Waals surface area contributed by atoms with Gasteiger partial charge in [-0.1, -0.05) is 24.3 Å². The predicted octanol–water partition coefficient (Wildman–Crippen LogP) is 3.70. The average molecular weight is 418 g/mol. The van der Waals surface area contributed by atoms with E-state index >= 15 is 0 Å². The molecule has 0 saturated carbocycles. The van der Waals surface area contributed by atoms with Crippen LogP contribution in [0.4, 0.5) is 5.69 Å². The van der Waals surface area contributed by atoms with Gasteiger partial charge < -0.3 is 9.64 Å². The van der Waals surface area contributed by atoms with E-state index in [9.17, 15) is 4.79 Å². The van der Waals surface area contributed by atoms with E-state index in [1.807, 2.05) is 67.5 Å². The molecule has 1 aliphatic rings. The molecule has 0 aromatic heterocycles. The molecule has 0 bridgehead atoms. The lowest BCUT2D eigenvalue weighted by Crippen LogP contribution is -2.08. The van der Waals surface area contributed by atoms with Gasteiger partial charge in [-0.15, -0.1) is 0 Å². The van der Waals surface area contributed by atoms with Gasteiger partial charge in [0, 0.05) is 23.4 Å². The maximum Gasteiger partial charge on any atom is 0.363 e. The Kier molecular flexibility index (Phi) is 4.47. The van der Waals surface area contributed by atoms with Crippen LogP contribution in [0.1, 0.15) is 11.1 Å². The minimum Gasteiger partial charge on any atom is -0.402 e. The first-order chi connectivity index (χ1) is 11.0. The molecule has 0 spiro atoms. The van der Waals surface area contributed by atoms with Crippen molar-refractivity contribution in [3.63, 3.8) is 0 Å². The van der Waals surface area contributed by atoms with Crippen molar-refractivity contribution in [2.75, 3.05) is 19.0 Å². The van der Waals surface area contributed by atoms with Crippen LogP contribution >= 0.6 is 22.6 Å². The highest BCUT2D eigenvalue weighted by Crippen LogP contribution is 2.22. The zero-order chi connectivity index (χ0) is 16.4. The number of hydrogen-bond donors (Lipinski definition) is 0. The van der Waals surface area contributed by atoms with E-state index in [1.165, 1.54) is 0 Å². The van der Waals surface area contributed by atoms with E-state index in [0.29, 0.717) is 11.6 Å². The van der Waals surface area contributed by atoms with Gasteiger partial charge in [-0.25, -0.2) is 9.79 Å². The van der Waals surface area contributed by atoms with Gasteiger partial charge >= 0.3 is 5.97 Å². The first-order valence-corrected chi connectivity index (χ1v) is 8.17. The lowest BCUT2D eigenvalue weighted by atomic mass is 10.1. The number of rotatable bonds is 3. The van der Waals surface area contributed by atoms with Gasteiger partial charge in [0.05, 0.1) is 5.56 Å². The molecule has 1 heterocycles. The number of carbonyl (C=O) groups excluding carboxylic acids is 1. The van der Waals surface area contributed by atoms with Gasteiger partial charge in [-0.05, 0) is 58.5 Å². The van der Waals surface area contributed by atoms with Crippen LogP contribution in [0.15, 0.2) is 59.2 Å². The van der Waals surface area contributed by atoms with Crippen LogP contribution in [0.5, 0.6) is 0 Å². The van der Waals surface area contributed by atoms with Crippen LogP contribution in [0.25, 0.3) is 6.08 Å². The van der Waals surface area contributed by atoms with Crippen LogP contribution in [0.3, 0.4) is 0 Å². The van der Waals surface area contributed by atoms with Gasteiger partial charge in [0.1, 0.15) is 0 Å². The second-order valence-electron chi connectivity index (χ2n) is 5.30. The molecule has 2 aromatic rings. The third kappa shape index (κ3) is 3.44. The van der Waals surface area contributed by atoms with Crippen molar-refractivity contribution in [3.05, 3.63) is 68.9 Å². The quantitative estimate of drug-likeness (QED) is 0.434. The molecule has 0 atom stereocenters. The number of aliphatic imine (C=N–C) groups is 1. The van der Waals surface area contributed by atoms with Crippen LogP contribution in [0.2, 0.25) is 0 Å². The van der Waals surface area contributed by atoms with Gasteiger partial charge in [0.2, 0.25) is 5.90 Å². The molecule has 0 radical (unpaired) electrons. The van der Waals surface area contributed by atoms with Crippen molar-refractivity contribution >= 4 is 46.2 Å². The van der Waals surface area contributed by atoms with E-state index in [1.54, 1.807) is 6.08 Å². The van der Waals surface area contributed by atoms with Crippen LogP contribution in [-0.2, 0) is 9.53 Å². The number of cyclic esters (lactones) is 1. The highest BCUT2D eigenvalue weighted by molar-refractivity contribution is 14.1. The molecular formula is C18H15IN2O2. The van der Waals surface area contributed by atoms with E-state index in [-0.39, 0.29) is 0 Å². The summed E-state index contributed by atoms with van der Waals surface area (Å²) in [4.78, 5) is 18.4. The number of benzene rings is 2. The maximum absolute atomic E-state index is 12.0. The molecular weight excluding hydrogens is 403 g/mol. The normalized spacial score (nSPS) is 15.5. The first kappa shape index (κ1) is 15.7. The summed E-state index contributed by atoms with van der Waals surface area (Å²) in [7, 11) is 3.97. The number of carbonyl (C=O) groups is 1. The zero-order valence-electron chi connectivity index (χ0n) is 12.8. The highest BCUT2D eigenvalue weighted by Gasteiger charge is 2.25. The Hall–Kier alpha value is -2.15. The highest BCUT2D eigenvalue weighted by atomic mass is 127. The van der Waals surface area contributed by atoms with Crippen molar-refractivity contribution in [2.45, 2.75) is 0 Å². The van der Waals surface area contributed by atoms with Crippen molar-refractivity contribution < 1.29 is 9.53 Å². The first-order valence-electron chi connectivity index (χ1n) is 7.09. The van der Waals surface area contributed by atoms with E-state index in [4.69, 9.17) is 4.74 Å². The third-order valence-corrected chi connectivity index (χ3v) is 4.38. The van der Waals surface area contributed by atoms with Crippen LogP contribution < -0.4 is 4.90 Å². The Balaban J connectivity index is 1.90. The smallest absolute Gasteiger partial charge is 0.363 e. The molecule has 116 valence electrons. The second kappa shape index (κ2) is 6.54. The fourth-order valence-corrected chi connectivity index (χ4v) is 2.80. The predicted molar refractivity (Wildman–Crippen MR) is 101 cm³/mol.